The summed E-state index contributed by atoms with van der Waals surface area (Å²) in [4.78, 5) is 22.9. The topological polar surface area (TPSA) is 67.4 Å². The van der Waals surface area contributed by atoms with Gasteiger partial charge in [0.25, 0.3) is 5.91 Å². The second-order valence-electron chi connectivity index (χ2n) is 5.35. The summed E-state index contributed by atoms with van der Waals surface area (Å²) < 4.78 is 5.44. The Hall–Kier alpha value is -2.04. The van der Waals surface area contributed by atoms with E-state index in [1.54, 1.807) is 6.07 Å². The Labute approximate surface area is 118 Å². The van der Waals surface area contributed by atoms with Crippen molar-refractivity contribution in [3.05, 3.63) is 23.8 Å². The van der Waals surface area contributed by atoms with E-state index in [0.717, 1.165) is 17.7 Å². The van der Waals surface area contributed by atoms with Crippen molar-refractivity contribution < 1.29 is 14.3 Å². The van der Waals surface area contributed by atoms with E-state index in [4.69, 9.17) is 4.74 Å². The Morgan fingerprint density at radius 3 is 2.95 bits per heavy atom. The van der Waals surface area contributed by atoms with Gasteiger partial charge in [-0.3, -0.25) is 9.59 Å². The fourth-order valence-electron chi connectivity index (χ4n) is 1.96. The minimum atomic E-state index is -0.138. The first-order valence-electron chi connectivity index (χ1n) is 6.87. The van der Waals surface area contributed by atoms with Gasteiger partial charge >= 0.3 is 0 Å². The Balaban J connectivity index is 1.89. The molecule has 5 heteroatoms. The van der Waals surface area contributed by atoms with Crippen molar-refractivity contribution in [3.63, 3.8) is 0 Å². The summed E-state index contributed by atoms with van der Waals surface area (Å²) in [5.74, 6) is 0.883. The molecule has 0 spiro atoms. The predicted molar refractivity (Wildman–Crippen MR) is 76.7 cm³/mol. The molecule has 2 amide bonds. The molecule has 0 aromatic heterocycles. The lowest BCUT2D eigenvalue weighted by atomic mass is 10.0. The third kappa shape index (κ3) is 3.98. The average molecular weight is 276 g/mol. The fraction of sp³-hybridized carbons (Fsp3) is 0.467. The van der Waals surface area contributed by atoms with Crippen LogP contribution in [0.1, 0.15) is 25.8 Å². The van der Waals surface area contributed by atoms with Gasteiger partial charge in [0.15, 0.2) is 6.61 Å². The van der Waals surface area contributed by atoms with Crippen LogP contribution < -0.4 is 15.4 Å². The van der Waals surface area contributed by atoms with Crippen molar-refractivity contribution in [2.24, 2.45) is 5.92 Å². The summed E-state index contributed by atoms with van der Waals surface area (Å²) in [5, 5.41) is 5.60. The van der Waals surface area contributed by atoms with E-state index in [2.05, 4.69) is 10.6 Å². The highest BCUT2D eigenvalue weighted by atomic mass is 16.5. The minimum absolute atomic E-state index is 0.0144. The zero-order chi connectivity index (χ0) is 14.5. The number of hydrogen-bond acceptors (Lipinski definition) is 3. The van der Waals surface area contributed by atoms with Gasteiger partial charge in [0.1, 0.15) is 5.75 Å². The van der Waals surface area contributed by atoms with Crippen molar-refractivity contribution in [1.29, 1.82) is 0 Å². The van der Waals surface area contributed by atoms with E-state index < -0.39 is 0 Å². The molecule has 108 valence electrons. The molecule has 0 atom stereocenters. The Morgan fingerprint density at radius 2 is 2.20 bits per heavy atom. The predicted octanol–water partition coefficient (Wildman–Crippen LogP) is 1.72. The lowest BCUT2D eigenvalue weighted by molar-refractivity contribution is -0.123. The van der Waals surface area contributed by atoms with Gasteiger partial charge in [0, 0.05) is 24.7 Å². The largest absolute Gasteiger partial charge is 0.484 e. The van der Waals surface area contributed by atoms with Gasteiger partial charge in [0.05, 0.1) is 0 Å². The normalized spacial score (nSPS) is 13.7. The van der Waals surface area contributed by atoms with Gasteiger partial charge in [-0.2, -0.15) is 0 Å². The molecule has 2 rings (SSSR count). The number of aryl methyl sites for hydroxylation is 1. The molecule has 5 nitrogen and oxygen atoms in total. The molecule has 0 bridgehead atoms. The quantitative estimate of drug-likeness (QED) is 0.860. The number of fused-ring (bicyclic) bond motifs is 1. The third-order valence-corrected chi connectivity index (χ3v) is 3.05. The van der Waals surface area contributed by atoms with Crippen LogP contribution in [0.15, 0.2) is 18.2 Å². The van der Waals surface area contributed by atoms with Gasteiger partial charge < -0.3 is 15.4 Å². The van der Waals surface area contributed by atoms with Crippen molar-refractivity contribution in [3.8, 4) is 5.75 Å². The van der Waals surface area contributed by atoms with Crippen molar-refractivity contribution in [2.75, 3.05) is 18.5 Å². The van der Waals surface area contributed by atoms with Gasteiger partial charge in [0.2, 0.25) is 5.91 Å². The van der Waals surface area contributed by atoms with Crippen molar-refractivity contribution in [2.45, 2.75) is 26.7 Å². The lowest BCUT2D eigenvalue weighted by Gasteiger charge is -2.17. The standard InChI is InChI=1S/C15H20N2O3/c1-10(2)8-16-15(19)9-20-12-5-3-11-4-6-14(18)17-13(11)7-12/h3,5,7,10H,4,6,8-9H2,1-2H3,(H,16,19)(H,17,18). The average Bonchev–Trinajstić information content (AvgIpc) is 2.42. The van der Waals surface area contributed by atoms with E-state index in [0.29, 0.717) is 24.6 Å². The third-order valence-electron chi connectivity index (χ3n) is 3.05. The number of nitrogens with one attached hydrogen (secondary N) is 2. The van der Waals surface area contributed by atoms with Crippen LogP contribution in [0.25, 0.3) is 0 Å². The summed E-state index contributed by atoms with van der Waals surface area (Å²) in [6.45, 7) is 4.70. The molecule has 20 heavy (non-hydrogen) atoms. The summed E-state index contributed by atoms with van der Waals surface area (Å²) in [6.07, 6.45) is 1.27. The first-order valence-corrected chi connectivity index (χ1v) is 6.87. The maximum Gasteiger partial charge on any atom is 0.257 e. The maximum absolute atomic E-state index is 11.6. The maximum atomic E-state index is 11.6. The summed E-state index contributed by atoms with van der Waals surface area (Å²) in [7, 11) is 0. The zero-order valence-electron chi connectivity index (χ0n) is 11.9. The van der Waals surface area contributed by atoms with Crippen LogP contribution in [0.5, 0.6) is 5.75 Å². The minimum Gasteiger partial charge on any atom is -0.484 e. The SMILES string of the molecule is CC(C)CNC(=O)COc1ccc2c(c1)NC(=O)CC2. The van der Waals surface area contributed by atoms with E-state index in [1.165, 1.54) is 0 Å². The molecule has 0 radical (unpaired) electrons. The molecule has 1 heterocycles. The number of amides is 2. The molecular formula is C15H20N2O3. The molecule has 0 unspecified atom stereocenters. The molecular weight excluding hydrogens is 256 g/mol. The lowest BCUT2D eigenvalue weighted by Crippen LogP contribution is -2.31. The molecule has 2 N–H and O–H groups in total. The Morgan fingerprint density at radius 1 is 1.40 bits per heavy atom. The van der Waals surface area contributed by atoms with Gasteiger partial charge in [-0.05, 0) is 24.0 Å². The van der Waals surface area contributed by atoms with Crippen LogP contribution in [0.4, 0.5) is 5.69 Å². The van der Waals surface area contributed by atoms with E-state index >= 15 is 0 Å². The van der Waals surface area contributed by atoms with Crippen LogP contribution in [-0.4, -0.2) is 25.0 Å². The Kier molecular flexibility index (Phi) is 4.61. The van der Waals surface area contributed by atoms with Crippen LogP contribution in [-0.2, 0) is 16.0 Å². The molecule has 1 aromatic carbocycles. The molecule has 1 aliphatic heterocycles. The number of carbonyl (C=O) groups is 2. The molecule has 1 aromatic rings. The number of benzene rings is 1. The monoisotopic (exact) mass is 276 g/mol. The number of rotatable bonds is 5. The summed E-state index contributed by atoms with van der Waals surface area (Å²) in [6, 6.07) is 5.52. The molecule has 0 aliphatic carbocycles. The zero-order valence-corrected chi connectivity index (χ0v) is 11.9. The van der Waals surface area contributed by atoms with Crippen LogP contribution in [0.3, 0.4) is 0 Å². The second kappa shape index (κ2) is 6.41. The van der Waals surface area contributed by atoms with E-state index in [9.17, 15) is 9.59 Å². The van der Waals surface area contributed by atoms with Crippen molar-refractivity contribution in [1.82, 2.24) is 5.32 Å². The number of ether oxygens (including phenoxy) is 1. The van der Waals surface area contributed by atoms with Crippen LogP contribution >= 0.6 is 0 Å². The highest BCUT2D eigenvalue weighted by Gasteiger charge is 2.15. The molecule has 0 fully saturated rings. The van der Waals surface area contributed by atoms with Gasteiger partial charge in [-0.15, -0.1) is 0 Å². The highest BCUT2D eigenvalue weighted by Crippen LogP contribution is 2.26. The summed E-state index contributed by atoms with van der Waals surface area (Å²) in [5.41, 5.74) is 1.88. The number of hydrogen-bond donors (Lipinski definition) is 2. The Bertz CT molecular complexity index is 512. The van der Waals surface area contributed by atoms with E-state index in [1.807, 2.05) is 26.0 Å². The first-order chi connectivity index (χ1) is 9.54. The molecule has 1 aliphatic rings. The number of anilines is 1. The molecule has 0 saturated carbocycles. The van der Waals surface area contributed by atoms with Gasteiger partial charge in [-0.1, -0.05) is 19.9 Å². The molecule has 0 saturated heterocycles. The fourth-order valence-corrected chi connectivity index (χ4v) is 1.96. The number of carbonyl (C=O) groups excluding carboxylic acids is 2. The van der Waals surface area contributed by atoms with Crippen molar-refractivity contribution >= 4 is 17.5 Å². The van der Waals surface area contributed by atoms with Crippen LogP contribution in [0, 0.1) is 5.92 Å². The highest BCUT2D eigenvalue weighted by molar-refractivity contribution is 5.94. The van der Waals surface area contributed by atoms with Gasteiger partial charge in [-0.25, -0.2) is 0 Å². The van der Waals surface area contributed by atoms with E-state index in [-0.39, 0.29) is 18.4 Å². The van der Waals surface area contributed by atoms with Crippen LogP contribution in [0.2, 0.25) is 0 Å². The smallest absolute Gasteiger partial charge is 0.257 e. The first kappa shape index (κ1) is 14.4. The summed E-state index contributed by atoms with van der Waals surface area (Å²) >= 11 is 0. The second-order valence-corrected chi connectivity index (χ2v) is 5.35.